The van der Waals surface area contributed by atoms with E-state index in [1.807, 2.05) is 0 Å². The minimum absolute atomic E-state index is 0.452. The van der Waals surface area contributed by atoms with Crippen LogP contribution in [-0.2, 0) is 4.74 Å². The summed E-state index contributed by atoms with van der Waals surface area (Å²) in [5.41, 5.74) is 0.452. The van der Waals surface area contributed by atoms with Gasteiger partial charge in [-0.15, -0.1) is 11.6 Å². The molecule has 2 aliphatic carbocycles. The zero-order valence-corrected chi connectivity index (χ0v) is 10.0. The van der Waals surface area contributed by atoms with E-state index in [9.17, 15) is 0 Å². The Hall–Kier alpha value is 0.250. The molecule has 0 bridgehead atoms. The third-order valence-electron chi connectivity index (χ3n) is 4.47. The van der Waals surface area contributed by atoms with Crippen LogP contribution in [0.2, 0.25) is 0 Å². The van der Waals surface area contributed by atoms with Gasteiger partial charge in [-0.3, -0.25) is 0 Å². The first kappa shape index (κ1) is 10.8. The van der Waals surface area contributed by atoms with Crippen LogP contribution in [0.25, 0.3) is 0 Å². The van der Waals surface area contributed by atoms with Gasteiger partial charge in [0.1, 0.15) is 0 Å². The lowest BCUT2D eigenvalue weighted by Gasteiger charge is -2.35. The predicted octanol–water partition coefficient (Wildman–Crippen LogP) is 3.31. The minimum atomic E-state index is 0.452. The second-order valence-electron chi connectivity index (χ2n) is 5.34. The molecule has 0 saturated heterocycles. The lowest BCUT2D eigenvalue weighted by Crippen LogP contribution is -2.30. The summed E-state index contributed by atoms with van der Waals surface area (Å²) in [6.07, 6.45) is 5.41. The summed E-state index contributed by atoms with van der Waals surface area (Å²) in [5.74, 6) is 3.63. The molecule has 2 saturated carbocycles. The first-order valence-electron chi connectivity index (χ1n) is 5.77. The Morgan fingerprint density at radius 1 is 1.43 bits per heavy atom. The van der Waals surface area contributed by atoms with E-state index in [0.29, 0.717) is 5.41 Å². The van der Waals surface area contributed by atoms with Crippen molar-refractivity contribution in [3.8, 4) is 0 Å². The van der Waals surface area contributed by atoms with Gasteiger partial charge in [-0.2, -0.15) is 0 Å². The fourth-order valence-electron chi connectivity index (χ4n) is 3.18. The average molecular weight is 217 g/mol. The highest BCUT2D eigenvalue weighted by atomic mass is 35.5. The van der Waals surface area contributed by atoms with Crippen molar-refractivity contribution in [3.05, 3.63) is 0 Å². The average Bonchev–Trinajstić information content (AvgIpc) is 2.82. The second kappa shape index (κ2) is 4.02. The summed E-state index contributed by atoms with van der Waals surface area (Å²) in [7, 11) is 1.78. The van der Waals surface area contributed by atoms with Crippen LogP contribution in [-0.4, -0.2) is 19.6 Å². The van der Waals surface area contributed by atoms with Crippen LogP contribution in [0.15, 0.2) is 0 Å². The van der Waals surface area contributed by atoms with Crippen LogP contribution in [0.1, 0.15) is 32.6 Å². The van der Waals surface area contributed by atoms with E-state index in [1.54, 1.807) is 7.11 Å². The number of rotatable bonds is 5. The molecule has 1 nitrogen and oxygen atoms in total. The molecule has 0 aromatic carbocycles. The summed E-state index contributed by atoms with van der Waals surface area (Å²) in [5, 5.41) is 0. The van der Waals surface area contributed by atoms with Crippen molar-refractivity contribution < 1.29 is 4.74 Å². The molecule has 0 amide bonds. The third-order valence-corrected chi connectivity index (χ3v) is 5.01. The number of fused-ring (bicyclic) bond motifs is 1. The highest BCUT2D eigenvalue weighted by Gasteiger charge is 2.54. The number of hydrogen-bond donors (Lipinski definition) is 0. The van der Waals surface area contributed by atoms with Crippen LogP contribution in [0.4, 0.5) is 0 Å². The molecule has 2 heteroatoms. The number of halogens is 1. The number of hydrogen-bond acceptors (Lipinski definition) is 1. The van der Waals surface area contributed by atoms with Crippen molar-refractivity contribution in [1.82, 2.24) is 0 Å². The Bertz CT molecular complexity index is 194. The third kappa shape index (κ3) is 1.81. The molecule has 0 aromatic heterocycles. The zero-order valence-electron chi connectivity index (χ0n) is 9.26. The molecule has 3 unspecified atom stereocenters. The highest BCUT2D eigenvalue weighted by molar-refractivity contribution is 6.18. The van der Waals surface area contributed by atoms with Gasteiger partial charge in [0, 0.05) is 19.6 Å². The quantitative estimate of drug-likeness (QED) is 0.641. The van der Waals surface area contributed by atoms with E-state index < -0.39 is 0 Å². The van der Waals surface area contributed by atoms with E-state index in [2.05, 4.69) is 6.92 Å². The van der Waals surface area contributed by atoms with Crippen molar-refractivity contribution >= 4 is 11.6 Å². The van der Waals surface area contributed by atoms with Crippen molar-refractivity contribution in [2.45, 2.75) is 32.6 Å². The number of alkyl halides is 1. The Kier molecular flexibility index (Phi) is 3.09. The molecule has 82 valence electrons. The monoisotopic (exact) mass is 216 g/mol. The normalized spacial score (nSPS) is 42.2. The molecule has 3 atom stereocenters. The maximum atomic E-state index is 6.18. The van der Waals surface area contributed by atoms with Gasteiger partial charge in [-0.1, -0.05) is 6.92 Å². The summed E-state index contributed by atoms with van der Waals surface area (Å²) in [6.45, 7) is 3.24. The molecule has 0 radical (unpaired) electrons. The largest absolute Gasteiger partial charge is 0.385 e. The van der Waals surface area contributed by atoms with Gasteiger partial charge in [-0.25, -0.2) is 0 Å². The predicted molar refractivity (Wildman–Crippen MR) is 59.6 cm³/mol. The van der Waals surface area contributed by atoms with Crippen LogP contribution < -0.4 is 0 Å². The molecular formula is C12H21ClO. The number of ether oxygens (including phenoxy) is 1. The molecule has 0 spiro atoms. The van der Waals surface area contributed by atoms with Crippen molar-refractivity contribution in [1.29, 1.82) is 0 Å². The topological polar surface area (TPSA) is 9.23 Å². The molecule has 0 heterocycles. The van der Waals surface area contributed by atoms with E-state index in [-0.39, 0.29) is 0 Å². The lowest BCUT2D eigenvalue weighted by molar-refractivity contribution is 0.122. The van der Waals surface area contributed by atoms with Gasteiger partial charge in [0.25, 0.3) is 0 Å². The molecule has 0 N–H and O–H groups in total. The van der Waals surface area contributed by atoms with Gasteiger partial charge in [-0.05, 0) is 48.9 Å². The first-order chi connectivity index (χ1) is 6.72. The Balaban J connectivity index is 1.91. The van der Waals surface area contributed by atoms with Crippen LogP contribution in [0.3, 0.4) is 0 Å². The smallest absolute Gasteiger partial charge is 0.0465 e. The van der Waals surface area contributed by atoms with E-state index in [4.69, 9.17) is 16.3 Å². The molecule has 0 aromatic rings. The maximum Gasteiger partial charge on any atom is 0.0465 e. The fourth-order valence-corrected chi connectivity index (χ4v) is 3.66. The van der Waals surface area contributed by atoms with Gasteiger partial charge in [0.2, 0.25) is 0 Å². The maximum absolute atomic E-state index is 6.18. The van der Waals surface area contributed by atoms with Gasteiger partial charge < -0.3 is 4.74 Å². The van der Waals surface area contributed by atoms with E-state index in [0.717, 1.165) is 30.2 Å². The Morgan fingerprint density at radius 3 is 2.57 bits per heavy atom. The molecule has 14 heavy (non-hydrogen) atoms. The number of methoxy groups -OCH3 is 1. The van der Waals surface area contributed by atoms with Crippen molar-refractivity contribution in [2.24, 2.45) is 23.2 Å². The first-order valence-corrected chi connectivity index (χ1v) is 6.30. The summed E-state index contributed by atoms with van der Waals surface area (Å²) < 4.78 is 5.16. The lowest BCUT2D eigenvalue weighted by atomic mass is 9.73. The second-order valence-corrected chi connectivity index (χ2v) is 5.61. The standard InChI is InChI=1S/C12H21ClO/c1-9(3-4-14-2)12(8-13)6-10-5-11(10)7-12/h9-11H,3-8H2,1-2H3. The van der Waals surface area contributed by atoms with Gasteiger partial charge >= 0.3 is 0 Å². The molecule has 0 aliphatic heterocycles. The molecule has 2 aliphatic rings. The van der Waals surface area contributed by atoms with Gasteiger partial charge in [0.15, 0.2) is 0 Å². The van der Waals surface area contributed by atoms with E-state index >= 15 is 0 Å². The van der Waals surface area contributed by atoms with Gasteiger partial charge in [0.05, 0.1) is 0 Å². The SMILES string of the molecule is COCCC(C)C1(CCl)CC2CC2C1. The summed E-state index contributed by atoms with van der Waals surface area (Å²) in [6, 6.07) is 0. The summed E-state index contributed by atoms with van der Waals surface area (Å²) in [4.78, 5) is 0. The van der Waals surface area contributed by atoms with Crippen molar-refractivity contribution in [3.63, 3.8) is 0 Å². The zero-order chi connectivity index (χ0) is 10.2. The molecule has 2 fully saturated rings. The van der Waals surface area contributed by atoms with Crippen LogP contribution in [0, 0.1) is 23.2 Å². The molecular weight excluding hydrogens is 196 g/mol. The highest BCUT2D eigenvalue weighted by Crippen LogP contribution is 2.63. The van der Waals surface area contributed by atoms with Crippen molar-refractivity contribution in [2.75, 3.05) is 19.6 Å². The minimum Gasteiger partial charge on any atom is -0.385 e. The van der Waals surface area contributed by atoms with E-state index in [1.165, 1.54) is 25.7 Å². The van der Waals surface area contributed by atoms with Crippen LogP contribution >= 0.6 is 11.6 Å². The Morgan fingerprint density at radius 2 is 2.07 bits per heavy atom. The van der Waals surface area contributed by atoms with Crippen LogP contribution in [0.5, 0.6) is 0 Å². The Labute approximate surface area is 92.2 Å². The fraction of sp³-hybridized carbons (Fsp3) is 1.00. The summed E-state index contributed by atoms with van der Waals surface area (Å²) >= 11 is 6.18. The molecule has 2 rings (SSSR count).